The van der Waals surface area contributed by atoms with E-state index in [0.29, 0.717) is 5.69 Å². The standard InChI is InChI=1S/C13H10BrFN2O/c1-8-4-5-10(14)11(7-8)17-13(18)9-3-2-6-16-12(9)15/h2-7H,1H3,(H,17,18). The van der Waals surface area contributed by atoms with Gasteiger partial charge in [0, 0.05) is 10.7 Å². The molecule has 92 valence electrons. The van der Waals surface area contributed by atoms with Gasteiger partial charge in [0.25, 0.3) is 5.91 Å². The number of amides is 1. The maximum absolute atomic E-state index is 13.3. The van der Waals surface area contributed by atoms with Crippen LogP contribution in [-0.4, -0.2) is 10.9 Å². The van der Waals surface area contributed by atoms with Crippen molar-refractivity contribution in [2.75, 3.05) is 5.32 Å². The summed E-state index contributed by atoms with van der Waals surface area (Å²) >= 11 is 3.33. The van der Waals surface area contributed by atoms with Crippen LogP contribution in [0.4, 0.5) is 10.1 Å². The monoisotopic (exact) mass is 308 g/mol. The van der Waals surface area contributed by atoms with E-state index in [-0.39, 0.29) is 5.56 Å². The Morgan fingerprint density at radius 1 is 1.39 bits per heavy atom. The minimum absolute atomic E-state index is 0.0779. The first kappa shape index (κ1) is 12.7. The van der Waals surface area contributed by atoms with Crippen LogP contribution in [0.3, 0.4) is 0 Å². The number of hydrogen-bond donors (Lipinski definition) is 1. The third-order valence-corrected chi connectivity index (χ3v) is 3.07. The van der Waals surface area contributed by atoms with E-state index in [9.17, 15) is 9.18 Å². The average Bonchev–Trinajstić information content (AvgIpc) is 2.34. The van der Waals surface area contributed by atoms with Crippen LogP contribution in [0.25, 0.3) is 0 Å². The van der Waals surface area contributed by atoms with E-state index < -0.39 is 11.9 Å². The minimum atomic E-state index is -0.779. The number of nitrogens with zero attached hydrogens (tertiary/aromatic N) is 1. The molecule has 18 heavy (non-hydrogen) atoms. The maximum atomic E-state index is 13.3. The number of anilines is 1. The third kappa shape index (κ3) is 2.73. The summed E-state index contributed by atoms with van der Waals surface area (Å²) in [5.41, 5.74) is 1.52. The van der Waals surface area contributed by atoms with Crippen molar-refractivity contribution in [3.05, 3.63) is 58.1 Å². The lowest BCUT2D eigenvalue weighted by Crippen LogP contribution is -2.14. The van der Waals surface area contributed by atoms with Crippen molar-refractivity contribution >= 4 is 27.5 Å². The molecule has 0 fully saturated rings. The minimum Gasteiger partial charge on any atom is -0.321 e. The zero-order valence-electron chi connectivity index (χ0n) is 9.58. The van der Waals surface area contributed by atoms with Gasteiger partial charge >= 0.3 is 0 Å². The van der Waals surface area contributed by atoms with Gasteiger partial charge < -0.3 is 5.32 Å². The maximum Gasteiger partial charge on any atom is 0.260 e. The van der Waals surface area contributed by atoms with E-state index in [1.54, 1.807) is 6.07 Å². The van der Waals surface area contributed by atoms with Gasteiger partial charge in [0.05, 0.1) is 11.3 Å². The molecule has 0 spiro atoms. The van der Waals surface area contributed by atoms with Crippen LogP contribution >= 0.6 is 15.9 Å². The smallest absolute Gasteiger partial charge is 0.260 e. The summed E-state index contributed by atoms with van der Waals surface area (Å²) in [6.45, 7) is 1.91. The lowest BCUT2D eigenvalue weighted by Gasteiger charge is -2.08. The Labute approximate surface area is 112 Å². The predicted molar refractivity (Wildman–Crippen MR) is 71.0 cm³/mol. The first-order valence-corrected chi connectivity index (χ1v) is 6.05. The molecule has 3 nitrogen and oxygen atoms in total. The number of benzene rings is 1. The van der Waals surface area contributed by atoms with E-state index >= 15 is 0 Å². The topological polar surface area (TPSA) is 42.0 Å². The van der Waals surface area contributed by atoms with Crippen LogP contribution in [0, 0.1) is 12.9 Å². The Morgan fingerprint density at radius 2 is 2.17 bits per heavy atom. The summed E-state index contributed by atoms with van der Waals surface area (Å²) in [5, 5.41) is 2.64. The van der Waals surface area contributed by atoms with E-state index in [1.807, 2.05) is 19.1 Å². The van der Waals surface area contributed by atoms with Crippen molar-refractivity contribution in [3.8, 4) is 0 Å². The highest BCUT2D eigenvalue weighted by atomic mass is 79.9. The molecule has 0 aliphatic carbocycles. The number of carbonyl (C=O) groups excluding carboxylic acids is 1. The SMILES string of the molecule is Cc1ccc(Br)c(NC(=O)c2cccnc2F)c1. The molecule has 2 aromatic rings. The first-order valence-electron chi connectivity index (χ1n) is 5.26. The highest BCUT2D eigenvalue weighted by molar-refractivity contribution is 9.10. The Morgan fingerprint density at radius 3 is 2.89 bits per heavy atom. The summed E-state index contributed by atoms with van der Waals surface area (Å²) in [6.07, 6.45) is 1.30. The molecule has 1 aromatic heterocycles. The Hall–Kier alpha value is -1.75. The number of hydrogen-bond acceptors (Lipinski definition) is 2. The lowest BCUT2D eigenvalue weighted by atomic mass is 10.2. The summed E-state index contributed by atoms with van der Waals surface area (Å²) in [5.74, 6) is -1.30. The van der Waals surface area contributed by atoms with Gasteiger partial charge in [-0.25, -0.2) is 4.98 Å². The number of rotatable bonds is 2. The molecule has 0 radical (unpaired) electrons. The Balaban J connectivity index is 2.27. The molecule has 0 unspecified atom stereocenters. The van der Waals surface area contributed by atoms with E-state index in [2.05, 4.69) is 26.2 Å². The molecule has 1 N–H and O–H groups in total. The van der Waals surface area contributed by atoms with Crippen LogP contribution in [0.1, 0.15) is 15.9 Å². The van der Waals surface area contributed by atoms with Crippen LogP contribution in [0.2, 0.25) is 0 Å². The largest absolute Gasteiger partial charge is 0.321 e. The van der Waals surface area contributed by atoms with Gasteiger partial charge in [0.1, 0.15) is 0 Å². The molecule has 1 heterocycles. The van der Waals surface area contributed by atoms with Crippen LogP contribution in [-0.2, 0) is 0 Å². The van der Waals surface area contributed by atoms with Crippen molar-refractivity contribution in [3.63, 3.8) is 0 Å². The highest BCUT2D eigenvalue weighted by Gasteiger charge is 2.13. The second kappa shape index (κ2) is 5.27. The lowest BCUT2D eigenvalue weighted by molar-refractivity contribution is 0.102. The zero-order chi connectivity index (χ0) is 13.1. The van der Waals surface area contributed by atoms with Gasteiger partial charge in [-0.2, -0.15) is 4.39 Å². The van der Waals surface area contributed by atoms with Gasteiger partial charge in [0.15, 0.2) is 0 Å². The summed E-state index contributed by atoms with van der Waals surface area (Å²) in [7, 11) is 0. The van der Waals surface area contributed by atoms with Crippen LogP contribution in [0.15, 0.2) is 41.0 Å². The van der Waals surface area contributed by atoms with Crippen molar-refractivity contribution in [1.82, 2.24) is 4.98 Å². The van der Waals surface area contributed by atoms with Gasteiger partial charge in [0.2, 0.25) is 5.95 Å². The molecule has 0 bridgehead atoms. The quantitative estimate of drug-likeness (QED) is 0.862. The third-order valence-electron chi connectivity index (χ3n) is 2.37. The molecule has 0 saturated heterocycles. The van der Waals surface area contributed by atoms with E-state index in [4.69, 9.17) is 0 Å². The van der Waals surface area contributed by atoms with Crippen molar-refractivity contribution in [2.24, 2.45) is 0 Å². The molecule has 0 saturated carbocycles. The molecule has 2 rings (SSSR count). The first-order chi connectivity index (χ1) is 8.58. The number of pyridine rings is 1. The molecule has 0 atom stereocenters. The van der Waals surface area contributed by atoms with E-state index in [0.717, 1.165) is 10.0 Å². The van der Waals surface area contributed by atoms with Gasteiger partial charge in [-0.3, -0.25) is 4.79 Å². The molecule has 1 amide bonds. The molecular weight excluding hydrogens is 299 g/mol. The van der Waals surface area contributed by atoms with Gasteiger partial charge in [-0.1, -0.05) is 6.07 Å². The van der Waals surface area contributed by atoms with Gasteiger partial charge in [-0.15, -0.1) is 0 Å². The number of aryl methyl sites for hydroxylation is 1. The number of halogens is 2. The van der Waals surface area contributed by atoms with Crippen molar-refractivity contribution in [1.29, 1.82) is 0 Å². The second-order valence-corrected chi connectivity index (χ2v) is 4.63. The normalized spacial score (nSPS) is 10.2. The number of nitrogens with one attached hydrogen (secondary N) is 1. The predicted octanol–water partition coefficient (Wildman–Crippen LogP) is 3.54. The zero-order valence-corrected chi connectivity index (χ0v) is 11.2. The van der Waals surface area contributed by atoms with Crippen LogP contribution < -0.4 is 5.32 Å². The van der Waals surface area contributed by atoms with Crippen molar-refractivity contribution < 1.29 is 9.18 Å². The molecule has 1 aromatic carbocycles. The fraction of sp³-hybridized carbons (Fsp3) is 0.0769. The fourth-order valence-corrected chi connectivity index (χ4v) is 1.83. The molecule has 0 aliphatic rings. The summed E-state index contributed by atoms with van der Waals surface area (Å²) in [6, 6.07) is 8.44. The number of carbonyl (C=O) groups is 1. The van der Waals surface area contributed by atoms with E-state index in [1.165, 1.54) is 18.3 Å². The summed E-state index contributed by atoms with van der Waals surface area (Å²) in [4.78, 5) is 15.3. The van der Waals surface area contributed by atoms with Crippen molar-refractivity contribution in [2.45, 2.75) is 6.92 Å². The summed E-state index contributed by atoms with van der Waals surface area (Å²) < 4.78 is 14.1. The average molecular weight is 309 g/mol. The Bertz CT molecular complexity index is 601. The fourth-order valence-electron chi connectivity index (χ4n) is 1.48. The highest BCUT2D eigenvalue weighted by Crippen LogP contribution is 2.24. The molecule has 5 heteroatoms. The number of aromatic nitrogens is 1. The van der Waals surface area contributed by atoms with Crippen LogP contribution in [0.5, 0.6) is 0 Å². The second-order valence-electron chi connectivity index (χ2n) is 3.78. The van der Waals surface area contributed by atoms with Gasteiger partial charge in [-0.05, 0) is 52.7 Å². The molecule has 0 aliphatic heterocycles. The molecular formula is C13H10BrFN2O. The Kier molecular flexibility index (Phi) is 3.72.